The van der Waals surface area contributed by atoms with Crippen LogP contribution in [0.15, 0.2) is 45.3 Å². The Labute approximate surface area is 91.9 Å². The van der Waals surface area contributed by atoms with E-state index in [2.05, 4.69) is 9.97 Å². The molecule has 0 aliphatic heterocycles. The zero-order chi connectivity index (χ0) is 10.7. The topological polar surface area (TPSA) is 64.9 Å². The Balaban J connectivity index is 2.11. The molecule has 5 heteroatoms. The zero-order valence-electron chi connectivity index (χ0n) is 8.25. The number of nitrogens with zero attached hydrogens (tertiary/aromatic N) is 2. The fourth-order valence-corrected chi connectivity index (χ4v) is 1.74. The molecule has 78 valence electrons. The summed E-state index contributed by atoms with van der Waals surface area (Å²) < 4.78 is 5.11. The second-order valence-electron chi connectivity index (χ2n) is 3.11. The van der Waals surface area contributed by atoms with E-state index in [-0.39, 0.29) is 6.04 Å². The minimum atomic E-state index is -0.0363. The van der Waals surface area contributed by atoms with Crippen LogP contribution in [-0.4, -0.2) is 9.97 Å². The average Bonchev–Trinajstić information content (AvgIpc) is 2.71. The minimum Gasteiger partial charge on any atom is -0.440 e. The van der Waals surface area contributed by atoms with E-state index >= 15 is 0 Å². The second kappa shape index (κ2) is 4.46. The molecule has 0 spiro atoms. The van der Waals surface area contributed by atoms with Crippen LogP contribution in [0.4, 0.5) is 0 Å². The molecule has 15 heavy (non-hydrogen) atoms. The molecule has 0 aliphatic carbocycles. The molecule has 0 amide bonds. The first kappa shape index (κ1) is 10.2. The summed E-state index contributed by atoms with van der Waals surface area (Å²) in [7, 11) is 0. The molecule has 0 saturated carbocycles. The Kier molecular flexibility index (Phi) is 3.03. The lowest BCUT2D eigenvalue weighted by atomic mass is 10.2. The summed E-state index contributed by atoms with van der Waals surface area (Å²) in [5, 5.41) is 0.616. The molecule has 0 fully saturated rings. The number of hydrogen-bond acceptors (Lipinski definition) is 5. The van der Waals surface area contributed by atoms with Crippen LogP contribution >= 0.6 is 11.8 Å². The standard InChI is InChI=1S/C10H11N3OS/c1-7(11)9-3-2-8(6-13-9)15-10-12-4-5-14-10/h2-7H,11H2,1H3/t7-/m0/s1. The van der Waals surface area contributed by atoms with Gasteiger partial charge in [-0.2, -0.15) is 0 Å². The Morgan fingerprint density at radius 2 is 2.27 bits per heavy atom. The van der Waals surface area contributed by atoms with Gasteiger partial charge < -0.3 is 10.2 Å². The van der Waals surface area contributed by atoms with Gasteiger partial charge in [0.2, 0.25) is 0 Å². The fraction of sp³-hybridized carbons (Fsp3) is 0.200. The highest BCUT2D eigenvalue weighted by atomic mass is 32.2. The first-order valence-electron chi connectivity index (χ1n) is 4.54. The third kappa shape index (κ3) is 2.57. The Morgan fingerprint density at radius 3 is 2.80 bits per heavy atom. The predicted molar refractivity (Wildman–Crippen MR) is 57.5 cm³/mol. The third-order valence-corrected chi connectivity index (χ3v) is 2.69. The molecule has 0 bridgehead atoms. The van der Waals surface area contributed by atoms with E-state index in [0.717, 1.165) is 10.6 Å². The number of rotatable bonds is 3. The number of aromatic nitrogens is 2. The molecule has 0 aliphatic rings. The number of oxazole rings is 1. The molecule has 0 unspecified atom stereocenters. The molecule has 0 saturated heterocycles. The molecule has 4 nitrogen and oxygen atoms in total. The Hall–Kier alpha value is -1.33. The summed E-state index contributed by atoms with van der Waals surface area (Å²) in [6, 6.07) is 3.84. The monoisotopic (exact) mass is 221 g/mol. The van der Waals surface area contributed by atoms with Crippen LogP contribution in [0.25, 0.3) is 0 Å². The molecule has 2 aromatic heterocycles. The minimum absolute atomic E-state index is 0.0363. The lowest BCUT2D eigenvalue weighted by molar-refractivity contribution is 0.454. The number of hydrogen-bond donors (Lipinski definition) is 1. The summed E-state index contributed by atoms with van der Waals surface area (Å²) >= 11 is 1.43. The summed E-state index contributed by atoms with van der Waals surface area (Å²) in [6.07, 6.45) is 4.94. The smallest absolute Gasteiger partial charge is 0.260 e. The summed E-state index contributed by atoms with van der Waals surface area (Å²) in [5.74, 6) is 0. The lowest BCUT2D eigenvalue weighted by Crippen LogP contribution is -2.06. The van der Waals surface area contributed by atoms with E-state index in [0.29, 0.717) is 5.22 Å². The van der Waals surface area contributed by atoms with Crippen molar-refractivity contribution in [1.29, 1.82) is 0 Å². The van der Waals surface area contributed by atoms with Crippen LogP contribution < -0.4 is 5.73 Å². The molecular weight excluding hydrogens is 210 g/mol. The highest BCUT2D eigenvalue weighted by Crippen LogP contribution is 2.25. The predicted octanol–water partition coefficient (Wildman–Crippen LogP) is 2.24. The van der Waals surface area contributed by atoms with Crippen molar-refractivity contribution in [1.82, 2.24) is 9.97 Å². The summed E-state index contributed by atoms with van der Waals surface area (Å²) in [4.78, 5) is 9.24. The van der Waals surface area contributed by atoms with Gasteiger partial charge in [0, 0.05) is 17.1 Å². The SMILES string of the molecule is C[C@H](N)c1ccc(Sc2ncco2)cn1. The van der Waals surface area contributed by atoms with E-state index in [4.69, 9.17) is 10.2 Å². The molecule has 2 heterocycles. The van der Waals surface area contributed by atoms with Crippen LogP contribution in [0, 0.1) is 0 Å². The molecular formula is C10H11N3OS. The average molecular weight is 221 g/mol. The molecule has 0 aromatic carbocycles. The van der Waals surface area contributed by atoms with E-state index in [9.17, 15) is 0 Å². The van der Waals surface area contributed by atoms with Crippen molar-refractivity contribution in [2.24, 2.45) is 5.73 Å². The van der Waals surface area contributed by atoms with Gasteiger partial charge in [0.15, 0.2) is 0 Å². The van der Waals surface area contributed by atoms with Crippen molar-refractivity contribution >= 4 is 11.8 Å². The van der Waals surface area contributed by atoms with Crippen molar-refractivity contribution in [2.45, 2.75) is 23.1 Å². The maximum Gasteiger partial charge on any atom is 0.260 e. The number of nitrogens with two attached hydrogens (primary N) is 1. The van der Waals surface area contributed by atoms with Gasteiger partial charge >= 0.3 is 0 Å². The van der Waals surface area contributed by atoms with Crippen LogP contribution in [0.1, 0.15) is 18.7 Å². The van der Waals surface area contributed by atoms with Crippen molar-refractivity contribution in [3.8, 4) is 0 Å². The van der Waals surface area contributed by atoms with Crippen LogP contribution in [-0.2, 0) is 0 Å². The van der Waals surface area contributed by atoms with Crippen LogP contribution in [0.3, 0.4) is 0 Å². The van der Waals surface area contributed by atoms with Gasteiger partial charge in [-0.3, -0.25) is 4.98 Å². The summed E-state index contributed by atoms with van der Waals surface area (Å²) in [6.45, 7) is 1.91. The van der Waals surface area contributed by atoms with Gasteiger partial charge in [-0.05, 0) is 30.8 Å². The quantitative estimate of drug-likeness (QED) is 0.861. The molecule has 2 aromatic rings. The first-order chi connectivity index (χ1) is 7.25. The molecule has 1 atom stereocenters. The molecule has 2 N–H and O–H groups in total. The van der Waals surface area contributed by atoms with Crippen molar-refractivity contribution in [2.75, 3.05) is 0 Å². The number of pyridine rings is 1. The first-order valence-corrected chi connectivity index (χ1v) is 5.36. The van der Waals surface area contributed by atoms with Crippen LogP contribution in [0.2, 0.25) is 0 Å². The highest BCUT2D eigenvalue weighted by Gasteiger charge is 2.04. The van der Waals surface area contributed by atoms with Gasteiger partial charge in [0.25, 0.3) is 5.22 Å². The second-order valence-corrected chi connectivity index (χ2v) is 4.13. The largest absolute Gasteiger partial charge is 0.440 e. The van der Waals surface area contributed by atoms with E-state index in [1.54, 1.807) is 18.7 Å². The fourth-order valence-electron chi connectivity index (χ4n) is 1.08. The Morgan fingerprint density at radius 1 is 1.40 bits per heavy atom. The lowest BCUT2D eigenvalue weighted by Gasteiger charge is -2.04. The van der Waals surface area contributed by atoms with E-state index in [1.165, 1.54) is 11.8 Å². The van der Waals surface area contributed by atoms with Gasteiger partial charge in [0.05, 0.1) is 11.9 Å². The van der Waals surface area contributed by atoms with Crippen LogP contribution in [0.5, 0.6) is 0 Å². The molecule has 0 radical (unpaired) electrons. The van der Waals surface area contributed by atoms with Gasteiger partial charge in [-0.25, -0.2) is 4.98 Å². The van der Waals surface area contributed by atoms with Gasteiger partial charge in [-0.15, -0.1) is 0 Å². The van der Waals surface area contributed by atoms with E-state index in [1.807, 2.05) is 19.1 Å². The summed E-state index contributed by atoms with van der Waals surface area (Å²) in [5.41, 5.74) is 6.58. The maximum atomic E-state index is 5.70. The van der Waals surface area contributed by atoms with Gasteiger partial charge in [-0.1, -0.05) is 0 Å². The van der Waals surface area contributed by atoms with Crippen molar-refractivity contribution in [3.63, 3.8) is 0 Å². The zero-order valence-corrected chi connectivity index (χ0v) is 9.07. The normalized spacial score (nSPS) is 12.7. The van der Waals surface area contributed by atoms with Crippen molar-refractivity contribution < 1.29 is 4.42 Å². The highest BCUT2D eigenvalue weighted by molar-refractivity contribution is 7.99. The Bertz CT molecular complexity index is 411. The van der Waals surface area contributed by atoms with E-state index < -0.39 is 0 Å². The van der Waals surface area contributed by atoms with Gasteiger partial charge in [0.1, 0.15) is 6.26 Å². The maximum absolute atomic E-state index is 5.70. The third-order valence-electron chi connectivity index (χ3n) is 1.84. The molecule has 2 rings (SSSR count). The van der Waals surface area contributed by atoms with Crippen molar-refractivity contribution in [3.05, 3.63) is 36.5 Å².